The standard InChI is InChI=1S/C17H29NO2/c1-6-18-16(15-9-7-14(2)8-10-15)13-19-11-12-20-17(3,4)5/h7-10,16,18H,6,11-13H2,1-5H3. The summed E-state index contributed by atoms with van der Waals surface area (Å²) in [5.74, 6) is 0. The highest BCUT2D eigenvalue weighted by molar-refractivity contribution is 5.24. The molecule has 0 aliphatic rings. The van der Waals surface area contributed by atoms with Gasteiger partial charge in [0.15, 0.2) is 0 Å². The van der Waals surface area contributed by atoms with Gasteiger partial charge < -0.3 is 14.8 Å². The molecule has 0 bridgehead atoms. The highest BCUT2D eigenvalue weighted by atomic mass is 16.5. The lowest BCUT2D eigenvalue weighted by atomic mass is 10.1. The third-order valence-corrected chi connectivity index (χ3v) is 2.98. The Balaban J connectivity index is 2.38. The third-order valence-electron chi connectivity index (χ3n) is 2.98. The fraction of sp³-hybridized carbons (Fsp3) is 0.647. The van der Waals surface area contributed by atoms with Gasteiger partial charge in [-0.25, -0.2) is 0 Å². The van der Waals surface area contributed by atoms with Crippen LogP contribution < -0.4 is 5.32 Å². The van der Waals surface area contributed by atoms with E-state index in [2.05, 4.69) is 64.2 Å². The van der Waals surface area contributed by atoms with Crippen molar-refractivity contribution in [2.75, 3.05) is 26.4 Å². The monoisotopic (exact) mass is 279 g/mol. The Kier molecular flexibility index (Phi) is 7.20. The molecule has 1 aromatic carbocycles. The van der Waals surface area contributed by atoms with E-state index in [1.807, 2.05) is 0 Å². The number of nitrogens with one attached hydrogen (secondary N) is 1. The largest absolute Gasteiger partial charge is 0.377 e. The lowest BCUT2D eigenvalue weighted by Gasteiger charge is -2.21. The molecule has 1 aromatic rings. The lowest BCUT2D eigenvalue weighted by Crippen LogP contribution is -2.27. The number of likely N-dealkylation sites (N-methyl/N-ethyl adjacent to an activating group) is 1. The minimum Gasteiger partial charge on any atom is -0.377 e. The average molecular weight is 279 g/mol. The maximum absolute atomic E-state index is 5.74. The number of ether oxygens (including phenoxy) is 2. The van der Waals surface area contributed by atoms with Crippen LogP contribution in [0.5, 0.6) is 0 Å². The van der Waals surface area contributed by atoms with Gasteiger partial charge in [0.2, 0.25) is 0 Å². The van der Waals surface area contributed by atoms with Crippen molar-refractivity contribution in [3.8, 4) is 0 Å². The highest BCUT2D eigenvalue weighted by Crippen LogP contribution is 2.14. The lowest BCUT2D eigenvalue weighted by molar-refractivity contribution is -0.0373. The summed E-state index contributed by atoms with van der Waals surface area (Å²) in [6.07, 6.45) is 0. The van der Waals surface area contributed by atoms with E-state index >= 15 is 0 Å². The molecule has 1 atom stereocenters. The van der Waals surface area contributed by atoms with Crippen LogP contribution in [0, 0.1) is 6.92 Å². The van der Waals surface area contributed by atoms with Crippen LogP contribution in [0.25, 0.3) is 0 Å². The number of rotatable bonds is 8. The maximum atomic E-state index is 5.74. The normalized spacial score (nSPS) is 13.4. The van der Waals surface area contributed by atoms with Crippen LogP contribution in [0.3, 0.4) is 0 Å². The van der Waals surface area contributed by atoms with Crippen LogP contribution in [-0.4, -0.2) is 32.0 Å². The van der Waals surface area contributed by atoms with E-state index in [-0.39, 0.29) is 11.6 Å². The van der Waals surface area contributed by atoms with Gasteiger partial charge in [-0.05, 0) is 39.8 Å². The smallest absolute Gasteiger partial charge is 0.0707 e. The molecule has 0 heterocycles. The summed E-state index contributed by atoms with van der Waals surface area (Å²) in [4.78, 5) is 0. The Morgan fingerprint density at radius 2 is 1.75 bits per heavy atom. The Morgan fingerprint density at radius 3 is 2.30 bits per heavy atom. The zero-order valence-corrected chi connectivity index (χ0v) is 13.5. The molecule has 3 heteroatoms. The SMILES string of the molecule is CCNC(COCCOC(C)(C)C)c1ccc(C)cc1. The van der Waals surface area contributed by atoms with Crippen molar-refractivity contribution in [2.45, 2.75) is 46.3 Å². The molecular formula is C17H29NO2. The van der Waals surface area contributed by atoms with Crippen LogP contribution in [0.1, 0.15) is 44.9 Å². The number of hydrogen-bond donors (Lipinski definition) is 1. The second-order valence-electron chi connectivity index (χ2n) is 6.06. The van der Waals surface area contributed by atoms with Crippen molar-refractivity contribution >= 4 is 0 Å². The molecule has 0 aliphatic carbocycles. The van der Waals surface area contributed by atoms with E-state index in [1.165, 1.54) is 11.1 Å². The molecular weight excluding hydrogens is 250 g/mol. The molecule has 1 N–H and O–H groups in total. The summed E-state index contributed by atoms with van der Waals surface area (Å²) in [5, 5.41) is 3.46. The summed E-state index contributed by atoms with van der Waals surface area (Å²) >= 11 is 0. The van der Waals surface area contributed by atoms with E-state index in [0.29, 0.717) is 19.8 Å². The van der Waals surface area contributed by atoms with Crippen LogP contribution >= 0.6 is 0 Å². The number of benzene rings is 1. The highest BCUT2D eigenvalue weighted by Gasteiger charge is 2.12. The van der Waals surface area contributed by atoms with Crippen molar-refractivity contribution in [3.63, 3.8) is 0 Å². The molecule has 1 unspecified atom stereocenters. The first-order chi connectivity index (χ1) is 9.42. The van der Waals surface area contributed by atoms with Gasteiger partial charge in [-0.15, -0.1) is 0 Å². The molecule has 0 radical (unpaired) electrons. The van der Waals surface area contributed by atoms with Gasteiger partial charge in [0.05, 0.1) is 31.5 Å². The molecule has 0 spiro atoms. The minimum atomic E-state index is -0.0958. The second kappa shape index (κ2) is 8.40. The average Bonchev–Trinajstić information content (AvgIpc) is 2.37. The topological polar surface area (TPSA) is 30.5 Å². The summed E-state index contributed by atoms with van der Waals surface area (Å²) < 4.78 is 11.4. The van der Waals surface area contributed by atoms with Gasteiger partial charge in [0.1, 0.15) is 0 Å². The Bertz CT molecular complexity index is 368. The molecule has 0 aliphatic heterocycles. The van der Waals surface area contributed by atoms with E-state index in [0.717, 1.165) is 6.54 Å². The van der Waals surface area contributed by atoms with Gasteiger partial charge >= 0.3 is 0 Å². The Morgan fingerprint density at radius 1 is 1.10 bits per heavy atom. The van der Waals surface area contributed by atoms with Gasteiger partial charge in [0.25, 0.3) is 0 Å². The quantitative estimate of drug-likeness (QED) is 0.739. The Labute approximate surface area is 123 Å². The van der Waals surface area contributed by atoms with Crippen LogP contribution in [-0.2, 0) is 9.47 Å². The van der Waals surface area contributed by atoms with E-state index in [1.54, 1.807) is 0 Å². The molecule has 0 saturated heterocycles. The maximum Gasteiger partial charge on any atom is 0.0707 e. The van der Waals surface area contributed by atoms with Crippen molar-refractivity contribution in [1.29, 1.82) is 0 Å². The van der Waals surface area contributed by atoms with E-state index < -0.39 is 0 Å². The predicted molar refractivity (Wildman–Crippen MR) is 84.1 cm³/mol. The van der Waals surface area contributed by atoms with Crippen molar-refractivity contribution < 1.29 is 9.47 Å². The van der Waals surface area contributed by atoms with Gasteiger partial charge in [-0.1, -0.05) is 36.8 Å². The van der Waals surface area contributed by atoms with Crippen molar-refractivity contribution in [2.24, 2.45) is 0 Å². The van der Waals surface area contributed by atoms with Crippen molar-refractivity contribution in [1.82, 2.24) is 5.32 Å². The summed E-state index contributed by atoms with van der Waals surface area (Å²) in [5.41, 5.74) is 2.46. The molecule has 0 amide bonds. The van der Waals surface area contributed by atoms with Crippen molar-refractivity contribution in [3.05, 3.63) is 35.4 Å². The molecule has 3 nitrogen and oxygen atoms in total. The van der Waals surface area contributed by atoms with Crippen LogP contribution in [0.4, 0.5) is 0 Å². The van der Waals surface area contributed by atoms with E-state index in [9.17, 15) is 0 Å². The third kappa shape index (κ3) is 7.04. The second-order valence-corrected chi connectivity index (χ2v) is 6.06. The van der Waals surface area contributed by atoms with Gasteiger partial charge in [-0.3, -0.25) is 0 Å². The number of hydrogen-bond acceptors (Lipinski definition) is 3. The van der Waals surface area contributed by atoms with Gasteiger partial charge in [-0.2, -0.15) is 0 Å². The summed E-state index contributed by atoms with van der Waals surface area (Å²) in [7, 11) is 0. The van der Waals surface area contributed by atoms with E-state index in [4.69, 9.17) is 9.47 Å². The van der Waals surface area contributed by atoms with Crippen LogP contribution in [0.15, 0.2) is 24.3 Å². The summed E-state index contributed by atoms with van der Waals surface area (Å²) in [6.45, 7) is 13.3. The first-order valence-electron chi connectivity index (χ1n) is 7.44. The zero-order valence-electron chi connectivity index (χ0n) is 13.5. The Hall–Kier alpha value is -0.900. The summed E-state index contributed by atoms with van der Waals surface area (Å²) in [6, 6.07) is 8.86. The zero-order chi connectivity index (χ0) is 15.0. The molecule has 20 heavy (non-hydrogen) atoms. The molecule has 114 valence electrons. The molecule has 0 saturated carbocycles. The fourth-order valence-corrected chi connectivity index (χ4v) is 1.93. The first-order valence-corrected chi connectivity index (χ1v) is 7.44. The van der Waals surface area contributed by atoms with Crippen LogP contribution in [0.2, 0.25) is 0 Å². The minimum absolute atomic E-state index is 0.0958. The first kappa shape index (κ1) is 17.2. The molecule has 0 fully saturated rings. The predicted octanol–water partition coefficient (Wildman–Crippen LogP) is 3.48. The number of aryl methyl sites for hydroxylation is 1. The molecule has 0 aromatic heterocycles. The fourth-order valence-electron chi connectivity index (χ4n) is 1.93. The van der Waals surface area contributed by atoms with Gasteiger partial charge in [0, 0.05) is 0 Å². The molecule has 1 rings (SSSR count).